The van der Waals surface area contributed by atoms with E-state index in [4.69, 9.17) is 17.3 Å². The van der Waals surface area contributed by atoms with Gasteiger partial charge in [-0.3, -0.25) is 9.78 Å². The zero-order chi connectivity index (χ0) is 9.42. The third-order valence-corrected chi connectivity index (χ3v) is 1.74. The average Bonchev–Trinajstić information content (AvgIpc) is 2.02. The van der Waals surface area contributed by atoms with E-state index >= 15 is 0 Å². The van der Waals surface area contributed by atoms with Crippen LogP contribution in [0.15, 0.2) is 17.1 Å². The lowest BCUT2D eigenvalue weighted by atomic mass is 10.4. The Kier molecular flexibility index (Phi) is 1.66. The van der Waals surface area contributed by atoms with Crippen molar-refractivity contribution >= 4 is 28.6 Å². The summed E-state index contributed by atoms with van der Waals surface area (Å²) < 4.78 is 0. The second-order valence-electron chi connectivity index (χ2n) is 2.47. The van der Waals surface area contributed by atoms with Crippen molar-refractivity contribution in [2.24, 2.45) is 0 Å². The van der Waals surface area contributed by atoms with E-state index in [2.05, 4.69) is 15.0 Å². The second kappa shape index (κ2) is 2.70. The van der Waals surface area contributed by atoms with Crippen LogP contribution in [0.1, 0.15) is 0 Å². The van der Waals surface area contributed by atoms with Crippen LogP contribution in [0.25, 0.3) is 11.0 Å². The Hall–Kier alpha value is -1.62. The summed E-state index contributed by atoms with van der Waals surface area (Å²) in [4.78, 5) is 21.3. The first-order valence-electron chi connectivity index (χ1n) is 3.48. The third-order valence-electron chi connectivity index (χ3n) is 1.53. The van der Waals surface area contributed by atoms with Crippen LogP contribution in [-0.2, 0) is 0 Å². The van der Waals surface area contributed by atoms with E-state index in [0.29, 0.717) is 10.5 Å². The maximum absolute atomic E-state index is 11.2. The zero-order valence-corrected chi connectivity index (χ0v) is 7.17. The first-order valence-corrected chi connectivity index (χ1v) is 3.85. The molecule has 0 aliphatic heterocycles. The molecule has 2 heterocycles. The lowest BCUT2D eigenvalue weighted by molar-refractivity contribution is 1.16. The molecule has 0 aliphatic carbocycles. The highest BCUT2D eigenvalue weighted by atomic mass is 35.5. The Morgan fingerprint density at radius 1 is 1.54 bits per heavy atom. The van der Waals surface area contributed by atoms with Crippen LogP contribution in [0.3, 0.4) is 0 Å². The van der Waals surface area contributed by atoms with Crippen LogP contribution in [0.5, 0.6) is 0 Å². The zero-order valence-electron chi connectivity index (χ0n) is 6.41. The normalized spacial score (nSPS) is 10.5. The van der Waals surface area contributed by atoms with E-state index in [1.807, 2.05) is 0 Å². The minimum atomic E-state index is -0.362. The number of rotatable bonds is 0. The highest BCUT2D eigenvalue weighted by molar-refractivity contribution is 6.31. The van der Waals surface area contributed by atoms with Gasteiger partial charge in [0.05, 0.1) is 10.5 Å². The predicted octanol–water partition coefficient (Wildman–Crippen LogP) is 0.554. The minimum Gasteiger partial charge on any atom is -0.369 e. The Balaban J connectivity index is 2.95. The van der Waals surface area contributed by atoms with Gasteiger partial charge in [0.15, 0.2) is 5.52 Å². The van der Waals surface area contributed by atoms with Gasteiger partial charge in [-0.15, -0.1) is 0 Å². The molecule has 0 atom stereocenters. The molecule has 2 rings (SSSR count). The second-order valence-corrected chi connectivity index (χ2v) is 2.91. The number of nitrogens with two attached hydrogens (primary N) is 1. The van der Waals surface area contributed by atoms with Gasteiger partial charge in [-0.1, -0.05) is 11.6 Å². The highest BCUT2D eigenvalue weighted by Gasteiger charge is 2.02. The van der Waals surface area contributed by atoms with Gasteiger partial charge in [0.25, 0.3) is 5.56 Å². The Morgan fingerprint density at radius 2 is 2.31 bits per heavy atom. The summed E-state index contributed by atoms with van der Waals surface area (Å²) in [6, 6.07) is 1.54. The molecule has 0 bridgehead atoms. The van der Waals surface area contributed by atoms with Crippen LogP contribution < -0.4 is 11.3 Å². The Morgan fingerprint density at radius 3 is 3.08 bits per heavy atom. The summed E-state index contributed by atoms with van der Waals surface area (Å²) in [5.74, 6) is 0.0570. The Bertz CT molecular complexity index is 516. The van der Waals surface area contributed by atoms with Crippen LogP contribution in [0, 0.1) is 0 Å². The number of pyridine rings is 1. The summed E-state index contributed by atoms with van der Waals surface area (Å²) in [5.41, 5.74) is 5.61. The number of aromatic amines is 1. The predicted molar refractivity (Wildman–Crippen MR) is 49.6 cm³/mol. The molecule has 0 aromatic carbocycles. The molecule has 0 aliphatic rings. The van der Waals surface area contributed by atoms with Gasteiger partial charge in [0, 0.05) is 6.20 Å². The van der Waals surface area contributed by atoms with Crippen LogP contribution in [0.2, 0.25) is 5.02 Å². The topological polar surface area (TPSA) is 84.7 Å². The molecule has 0 spiro atoms. The molecule has 6 heteroatoms. The maximum atomic E-state index is 11.2. The monoisotopic (exact) mass is 196 g/mol. The number of hydrogen-bond acceptors (Lipinski definition) is 4. The first-order chi connectivity index (χ1) is 6.16. The molecule has 3 N–H and O–H groups in total. The number of nitrogen functional groups attached to an aromatic ring is 1. The van der Waals surface area contributed by atoms with E-state index < -0.39 is 0 Å². The van der Waals surface area contributed by atoms with Crippen molar-refractivity contribution in [1.82, 2.24) is 15.0 Å². The number of aromatic nitrogens is 3. The van der Waals surface area contributed by atoms with Gasteiger partial charge in [-0.05, 0) is 6.07 Å². The van der Waals surface area contributed by atoms with E-state index in [1.165, 1.54) is 12.3 Å². The molecule has 66 valence electrons. The van der Waals surface area contributed by atoms with E-state index in [1.54, 1.807) is 0 Å². The lowest BCUT2D eigenvalue weighted by Gasteiger charge is -1.96. The molecule has 5 nitrogen and oxygen atoms in total. The smallest absolute Gasteiger partial charge is 0.278 e. The molecule has 13 heavy (non-hydrogen) atoms. The molecule has 0 saturated carbocycles. The van der Waals surface area contributed by atoms with Gasteiger partial charge in [-0.2, -0.15) is 0 Å². The average molecular weight is 197 g/mol. The minimum absolute atomic E-state index is 0.0570. The highest BCUT2D eigenvalue weighted by Crippen LogP contribution is 2.11. The van der Waals surface area contributed by atoms with Crippen molar-refractivity contribution in [3.63, 3.8) is 0 Å². The van der Waals surface area contributed by atoms with Crippen LogP contribution in [0.4, 0.5) is 5.95 Å². The number of nitrogens with zero attached hydrogens (tertiary/aromatic N) is 2. The number of halogens is 1. The largest absolute Gasteiger partial charge is 0.369 e. The first kappa shape index (κ1) is 8.00. The van der Waals surface area contributed by atoms with Crippen molar-refractivity contribution in [3.05, 3.63) is 27.6 Å². The quantitative estimate of drug-likeness (QED) is 0.645. The van der Waals surface area contributed by atoms with Crippen molar-refractivity contribution < 1.29 is 0 Å². The standard InChI is InChI=1S/C7H5ClN4O/c8-3-1-4-5(10-2-3)6(13)12-7(9)11-4/h1-2H,(H3,9,11,12,13). The van der Waals surface area contributed by atoms with Gasteiger partial charge < -0.3 is 5.73 Å². The van der Waals surface area contributed by atoms with Crippen molar-refractivity contribution in [3.8, 4) is 0 Å². The van der Waals surface area contributed by atoms with E-state index in [9.17, 15) is 4.79 Å². The lowest BCUT2D eigenvalue weighted by Crippen LogP contribution is -2.12. The summed E-state index contributed by atoms with van der Waals surface area (Å²) in [7, 11) is 0. The van der Waals surface area contributed by atoms with Crippen molar-refractivity contribution in [2.75, 3.05) is 5.73 Å². The van der Waals surface area contributed by atoms with Crippen LogP contribution >= 0.6 is 11.6 Å². The molecule has 0 fully saturated rings. The number of H-pyrrole nitrogens is 1. The summed E-state index contributed by atoms with van der Waals surface area (Å²) in [6.07, 6.45) is 1.39. The summed E-state index contributed by atoms with van der Waals surface area (Å²) in [5, 5.41) is 0.421. The fourth-order valence-electron chi connectivity index (χ4n) is 1.02. The third kappa shape index (κ3) is 1.33. The van der Waals surface area contributed by atoms with E-state index in [-0.39, 0.29) is 17.0 Å². The molecule has 0 saturated heterocycles. The summed E-state index contributed by atoms with van der Waals surface area (Å²) >= 11 is 5.67. The number of hydrogen-bond donors (Lipinski definition) is 2. The maximum Gasteiger partial charge on any atom is 0.278 e. The molecule has 2 aromatic rings. The van der Waals surface area contributed by atoms with Gasteiger partial charge in [0.2, 0.25) is 5.95 Å². The molecule has 0 radical (unpaired) electrons. The van der Waals surface area contributed by atoms with Gasteiger partial charge in [-0.25, -0.2) is 9.97 Å². The number of fused-ring (bicyclic) bond motifs is 1. The van der Waals surface area contributed by atoms with Crippen molar-refractivity contribution in [2.45, 2.75) is 0 Å². The molecule has 2 aromatic heterocycles. The molecular formula is C7H5ClN4O. The van der Waals surface area contributed by atoms with Crippen LogP contribution in [-0.4, -0.2) is 15.0 Å². The summed E-state index contributed by atoms with van der Waals surface area (Å²) in [6.45, 7) is 0. The van der Waals surface area contributed by atoms with Gasteiger partial charge in [0.1, 0.15) is 0 Å². The molecule has 0 amide bonds. The fraction of sp³-hybridized carbons (Fsp3) is 0. The molecular weight excluding hydrogens is 192 g/mol. The van der Waals surface area contributed by atoms with E-state index in [0.717, 1.165) is 0 Å². The fourth-order valence-corrected chi connectivity index (χ4v) is 1.17. The number of anilines is 1. The number of nitrogens with one attached hydrogen (secondary N) is 1. The Labute approximate surface area is 77.6 Å². The molecule has 0 unspecified atom stereocenters. The SMILES string of the molecule is Nc1nc2cc(Cl)cnc2c(=O)[nH]1. The van der Waals surface area contributed by atoms with Crippen molar-refractivity contribution in [1.29, 1.82) is 0 Å². The van der Waals surface area contributed by atoms with Gasteiger partial charge >= 0.3 is 0 Å².